The molecule has 0 saturated heterocycles. The van der Waals surface area contributed by atoms with E-state index < -0.39 is 0 Å². The number of hydrogen-bond acceptors (Lipinski definition) is 1. The second kappa shape index (κ2) is 5.98. The molecule has 0 spiro atoms. The topological polar surface area (TPSA) is 12.9 Å². The molecule has 1 nitrogen and oxygen atoms in total. The predicted octanol–water partition coefficient (Wildman–Crippen LogP) is 5.64. The van der Waals surface area contributed by atoms with E-state index >= 15 is 0 Å². The third kappa shape index (κ3) is 3.32. The highest BCUT2D eigenvalue weighted by atomic mass is 127. The van der Waals surface area contributed by atoms with Crippen molar-refractivity contribution < 1.29 is 0 Å². The second-order valence-electron chi connectivity index (χ2n) is 5.26. The molecule has 0 fully saturated rings. The summed E-state index contributed by atoms with van der Waals surface area (Å²) in [6.45, 7) is 4.15. The van der Waals surface area contributed by atoms with E-state index in [4.69, 9.17) is 0 Å². The maximum atomic E-state index is 4.68. The highest BCUT2D eigenvalue weighted by molar-refractivity contribution is 14.1. The van der Waals surface area contributed by atoms with E-state index in [1.807, 2.05) is 6.92 Å². The molecule has 1 aromatic heterocycles. The van der Waals surface area contributed by atoms with E-state index in [-0.39, 0.29) is 0 Å². The predicted molar refractivity (Wildman–Crippen MR) is 97.3 cm³/mol. The SMILES string of the molecule is Cc1ccc(-c2cc(-c3ccc(I)cc3)cc(C)n2)cc1. The lowest BCUT2D eigenvalue weighted by Crippen LogP contribution is -1.90. The van der Waals surface area contributed by atoms with Crippen LogP contribution in [0.1, 0.15) is 11.3 Å². The number of aryl methyl sites for hydroxylation is 2. The van der Waals surface area contributed by atoms with Gasteiger partial charge < -0.3 is 0 Å². The first-order valence-electron chi connectivity index (χ1n) is 6.93. The highest BCUT2D eigenvalue weighted by Crippen LogP contribution is 2.26. The van der Waals surface area contributed by atoms with E-state index in [1.54, 1.807) is 0 Å². The summed E-state index contributed by atoms with van der Waals surface area (Å²) in [4.78, 5) is 4.68. The minimum Gasteiger partial charge on any atom is -0.253 e. The average molecular weight is 385 g/mol. The lowest BCUT2D eigenvalue weighted by molar-refractivity contribution is 1.20. The zero-order chi connectivity index (χ0) is 14.8. The Balaban J connectivity index is 2.07. The molecule has 104 valence electrons. The third-order valence-corrected chi connectivity index (χ3v) is 4.20. The van der Waals surface area contributed by atoms with Gasteiger partial charge in [0.05, 0.1) is 5.69 Å². The van der Waals surface area contributed by atoms with Gasteiger partial charge in [-0.25, -0.2) is 0 Å². The fourth-order valence-corrected chi connectivity index (χ4v) is 2.71. The van der Waals surface area contributed by atoms with Gasteiger partial charge in [0.25, 0.3) is 0 Å². The molecule has 3 rings (SSSR count). The lowest BCUT2D eigenvalue weighted by Gasteiger charge is -2.08. The van der Waals surface area contributed by atoms with Gasteiger partial charge in [0.2, 0.25) is 0 Å². The fraction of sp³-hybridized carbons (Fsp3) is 0.105. The van der Waals surface area contributed by atoms with Crippen LogP contribution in [-0.4, -0.2) is 4.98 Å². The van der Waals surface area contributed by atoms with Gasteiger partial charge in [-0.3, -0.25) is 4.98 Å². The van der Waals surface area contributed by atoms with Crippen molar-refractivity contribution in [1.29, 1.82) is 0 Å². The summed E-state index contributed by atoms with van der Waals surface area (Å²) in [6, 6.07) is 21.4. The molecular weight excluding hydrogens is 369 g/mol. The summed E-state index contributed by atoms with van der Waals surface area (Å²) in [5.41, 5.74) is 6.95. The molecule has 0 aliphatic carbocycles. The molecule has 0 bridgehead atoms. The Morgan fingerprint density at radius 3 is 2.00 bits per heavy atom. The summed E-state index contributed by atoms with van der Waals surface area (Å²) in [6.07, 6.45) is 0. The Morgan fingerprint density at radius 2 is 1.33 bits per heavy atom. The van der Waals surface area contributed by atoms with Crippen LogP contribution in [0, 0.1) is 17.4 Å². The first kappa shape index (κ1) is 14.3. The number of aromatic nitrogens is 1. The summed E-state index contributed by atoms with van der Waals surface area (Å²) in [5, 5.41) is 0. The quantitative estimate of drug-likeness (QED) is 0.521. The molecule has 1 heterocycles. The number of pyridine rings is 1. The number of nitrogens with zero attached hydrogens (tertiary/aromatic N) is 1. The zero-order valence-corrected chi connectivity index (χ0v) is 14.3. The van der Waals surface area contributed by atoms with Crippen molar-refractivity contribution in [1.82, 2.24) is 4.98 Å². The van der Waals surface area contributed by atoms with Gasteiger partial charge >= 0.3 is 0 Å². The molecule has 3 aromatic rings. The van der Waals surface area contributed by atoms with E-state index in [2.05, 4.69) is 95.2 Å². The molecule has 0 radical (unpaired) electrons. The maximum absolute atomic E-state index is 4.68. The zero-order valence-electron chi connectivity index (χ0n) is 12.1. The fourth-order valence-electron chi connectivity index (χ4n) is 2.35. The van der Waals surface area contributed by atoms with Gasteiger partial charge in [-0.2, -0.15) is 0 Å². The van der Waals surface area contributed by atoms with Crippen molar-refractivity contribution in [3.05, 3.63) is 75.5 Å². The van der Waals surface area contributed by atoms with Gasteiger partial charge in [0, 0.05) is 14.8 Å². The smallest absolute Gasteiger partial charge is 0.0711 e. The van der Waals surface area contributed by atoms with Crippen LogP contribution in [0.2, 0.25) is 0 Å². The van der Waals surface area contributed by atoms with Crippen LogP contribution in [0.25, 0.3) is 22.4 Å². The van der Waals surface area contributed by atoms with E-state index in [9.17, 15) is 0 Å². The van der Waals surface area contributed by atoms with Crippen LogP contribution in [0.15, 0.2) is 60.7 Å². The largest absolute Gasteiger partial charge is 0.253 e. The Kier molecular flexibility index (Phi) is 4.06. The first-order valence-corrected chi connectivity index (χ1v) is 8.01. The molecule has 0 saturated carbocycles. The van der Waals surface area contributed by atoms with Crippen molar-refractivity contribution in [2.24, 2.45) is 0 Å². The minimum atomic E-state index is 1.03. The number of rotatable bonds is 2. The van der Waals surface area contributed by atoms with Gasteiger partial charge in [0.1, 0.15) is 0 Å². The van der Waals surface area contributed by atoms with Gasteiger partial charge in [-0.1, -0.05) is 42.0 Å². The van der Waals surface area contributed by atoms with Crippen molar-refractivity contribution in [3.63, 3.8) is 0 Å². The first-order chi connectivity index (χ1) is 10.1. The van der Waals surface area contributed by atoms with Crippen LogP contribution < -0.4 is 0 Å². The summed E-state index contributed by atoms with van der Waals surface area (Å²) < 4.78 is 1.25. The van der Waals surface area contributed by atoms with Crippen LogP contribution in [0.3, 0.4) is 0 Å². The monoisotopic (exact) mass is 385 g/mol. The minimum absolute atomic E-state index is 1.03. The molecule has 0 unspecified atom stereocenters. The van der Waals surface area contributed by atoms with Crippen LogP contribution in [0.4, 0.5) is 0 Å². The maximum Gasteiger partial charge on any atom is 0.0711 e. The van der Waals surface area contributed by atoms with Crippen molar-refractivity contribution in [3.8, 4) is 22.4 Å². The normalized spacial score (nSPS) is 10.6. The molecule has 0 N–H and O–H groups in total. The van der Waals surface area contributed by atoms with E-state index in [0.717, 1.165) is 17.0 Å². The van der Waals surface area contributed by atoms with Gasteiger partial charge in [-0.05, 0) is 71.8 Å². The standard InChI is InChI=1S/C19H16IN/c1-13-3-5-16(6-4-13)19-12-17(11-14(2)21-19)15-7-9-18(20)10-8-15/h3-12H,1-2H3. The summed E-state index contributed by atoms with van der Waals surface area (Å²) >= 11 is 2.33. The average Bonchev–Trinajstić information content (AvgIpc) is 2.48. The summed E-state index contributed by atoms with van der Waals surface area (Å²) in [5.74, 6) is 0. The molecule has 21 heavy (non-hydrogen) atoms. The Morgan fingerprint density at radius 1 is 0.714 bits per heavy atom. The van der Waals surface area contributed by atoms with E-state index in [0.29, 0.717) is 0 Å². The molecule has 2 aromatic carbocycles. The molecular formula is C19H16IN. The van der Waals surface area contributed by atoms with Crippen molar-refractivity contribution >= 4 is 22.6 Å². The van der Waals surface area contributed by atoms with Crippen molar-refractivity contribution in [2.45, 2.75) is 13.8 Å². The Labute approximate surface area is 139 Å². The van der Waals surface area contributed by atoms with Crippen LogP contribution >= 0.6 is 22.6 Å². The van der Waals surface area contributed by atoms with E-state index in [1.165, 1.54) is 20.3 Å². The molecule has 0 aliphatic heterocycles. The van der Waals surface area contributed by atoms with Crippen LogP contribution in [0.5, 0.6) is 0 Å². The lowest BCUT2D eigenvalue weighted by atomic mass is 10.0. The van der Waals surface area contributed by atoms with Crippen molar-refractivity contribution in [2.75, 3.05) is 0 Å². The van der Waals surface area contributed by atoms with Gasteiger partial charge in [0.15, 0.2) is 0 Å². The number of halogens is 1. The number of benzene rings is 2. The number of hydrogen-bond donors (Lipinski definition) is 0. The Bertz CT molecular complexity index is 695. The third-order valence-electron chi connectivity index (χ3n) is 3.48. The summed E-state index contributed by atoms with van der Waals surface area (Å²) in [7, 11) is 0. The van der Waals surface area contributed by atoms with Gasteiger partial charge in [-0.15, -0.1) is 0 Å². The second-order valence-corrected chi connectivity index (χ2v) is 6.50. The molecule has 0 amide bonds. The molecule has 2 heteroatoms. The highest BCUT2D eigenvalue weighted by Gasteiger charge is 2.05. The molecule has 0 aliphatic rings. The Hall–Kier alpha value is -1.68. The van der Waals surface area contributed by atoms with Crippen LogP contribution in [-0.2, 0) is 0 Å². The molecule has 0 atom stereocenters.